The second kappa shape index (κ2) is 9.12. The molecule has 0 saturated carbocycles. The molecule has 0 radical (unpaired) electrons. The third-order valence-electron chi connectivity index (χ3n) is 6.49. The number of nitriles is 1. The third-order valence-corrected chi connectivity index (χ3v) is 6.95. The van der Waals surface area contributed by atoms with E-state index in [2.05, 4.69) is 45.1 Å². The van der Waals surface area contributed by atoms with Crippen LogP contribution >= 0.6 is 15.9 Å². The minimum absolute atomic E-state index is 0.327. The molecule has 0 aliphatic carbocycles. The number of piperidine rings is 1. The maximum absolute atomic E-state index is 13.3. The van der Waals surface area contributed by atoms with E-state index in [1.165, 1.54) is 23.7 Å². The molecule has 2 aromatic rings. The number of halogens is 4. The fourth-order valence-electron chi connectivity index (χ4n) is 4.61. The van der Waals surface area contributed by atoms with Gasteiger partial charge in [-0.05, 0) is 67.0 Å². The molecule has 164 valence electrons. The van der Waals surface area contributed by atoms with E-state index >= 15 is 0 Å². The molecule has 7 heteroatoms. The number of rotatable bonds is 5. The predicted octanol–water partition coefficient (Wildman–Crippen LogP) is 6.18. The van der Waals surface area contributed by atoms with Crippen LogP contribution in [0.25, 0.3) is 0 Å². The molecule has 0 N–H and O–H groups in total. The van der Waals surface area contributed by atoms with Crippen LogP contribution in [-0.4, -0.2) is 31.5 Å². The Kier molecular flexibility index (Phi) is 6.47. The molecule has 3 nitrogen and oxygen atoms in total. The minimum Gasteiger partial charge on any atom is -0.371 e. The van der Waals surface area contributed by atoms with Crippen LogP contribution in [0.3, 0.4) is 0 Å². The van der Waals surface area contributed by atoms with Crippen LogP contribution in [0.5, 0.6) is 0 Å². The van der Waals surface area contributed by atoms with E-state index in [0.29, 0.717) is 24.7 Å². The van der Waals surface area contributed by atoms with Crippen molar-refractivity contribution in [3.63, 3.8) is 0 Å². The van der Waals surface area contributed by atoms with Gasteiger partial charge in [0.15, 0.2) is 0 Å². The molecule has 2 saturated heterocycles. The molecule has 0 amide bonds. The quantitative estimate of drug-likeness (QED) is 0.467. The van der Waals surface area contributed by atoms with Crippen molar-refractivity contribution in [3.8, 4) is 6.07 Å². The maximum Gasteiger partial charge on any atom is 0.417 e. The van der Waals surface area contributed by atoms with Gasteiger partial charge in [-0.15, -0.1) is 0 Å². The number of benzene rings is 2. The molecule has 2 aliphatic rings. The minimum atomic E-state index is -4.52. The highest BCUT2D eigenvalue weighted by Gasteiger charge is 2.34. The monoisotopic (exact) mass is 491 g/mol. The smallest absolute Gasteiger partial charge is 0.371 e. The molecule has 0 aromatic heterocycles. The van der Waals surface area contributed by atoms with Gasteiger partial charge in [-0.2, -0.15) is 18.4 Å². The van der Waals surface area contributed by atoms with Gasteiger partial charge in [-0.25, -0.2) is 0 Å². The summed E-state index contributed by atoms with van der Waals surface area (Å²) in [5.41, 5.74) is 1.93. The van der Waals surface area contributed by atoms with E-state index < -0.39 is 11.7 Å². The molecule has 0 unspecified atom stereocenters. The van der Waals surface area contributed by atoms with Crippen molar-refractivity contribution in [2.24, 2.45) is 5.92 Å². The van der Waals surface area contributed by atoms with Gasteiger partial charge in [-0.1, -0.05) is 28.1 Å². The second-order valence-corrected chi connectivity index (χ2v) is 9.23. The van der Waals surface area contributed by atoms with Gasteiger partial charge in [0.25, 0.3) is 0 Å². The lowest BCUT2D eigenvalue weighted by molar-refractivity contribution is -0.137. The molecule has 0 bridgehead atoms. The lowest BCUT2D eigenvalue weighted by Crippen LogP contribution is -2.46. The Balaban J connectivity index is 1.37. The standard InChI is InChI=1S/C24H25BrF3N3/c25-10-7-17-15-31(16-17)21-4-1-18(2-5-21)19-8-11-30(12-9-19)22-6-3-20(14-29)23(13-22)24(26,27)28/h1-6,13,17,19H,7-12,15-16H2. The lowest BCUT2D eigenvalue weighted by Gasteiger charge is -2.41. The Bertz CT molecular complexity index is 938. The number of anilines is 2. The number of nitrogens with zero attached hydrogens (tertiary/aromatic N) is 3. The summed E-state index contributed by atoms with van der Waals surface area (Å²) in [6.07, 6.45) is -1.50. The summed E-state index contributed by atoms with van der Waals surface area (Å²) in [6.45, 7) is 3.65. The van der Waals surface area contributed by atoms with Crippen LogP contribution in [0.15, 0.2) is 42.5 Å². The summed E-state index contributed by atoms with van der Waals surface area (Å²) in [5, 5.41) is 10.0. The van der Waals surface area contributed by atoms with Gasteiger partial charge in [0.05, 0.1) is 17.2 Å². The molecule has 2 aromatic carbocycles. The summed E-state index contributed by atoms with van der Waals surface area (Å²) in [7, 11) is 0. The summed E-state index contributed by atoms with van der Waals surface area (Å²) in [6, 6.07) is 14.5. The Hall–Kier alpha value is -2.20. The Morgan fingerprint density at radius 1 is 0.968 bits per heavy atom. The first kappa shape index (κ1) is 22.0. The van der Waals surface area contributed by atoms with Crippen LogP contribution in [0.2, 0.25) is 0 Å². The highest BCUT2D eigenvalue weighted by atomic mass is 79.9. The summed E-state index contributed by atoms with van der Waals surface area (Å²) >= 11 is 3.51. The van der Waals surface area contributed by atoms with Crippen molar-refractivity contribution in [2.75, 3.05) is 41.3 Å². The highest BCUT2D eigenvalue weighted by Crippen LogP contribution is 2.37. The number of alkyl halides is 4. The van der Waals surface area contributed by atoms with Crippen LogP contribution in [0, 0.1) is 17.2 Å². The van der Waals surface area contributed by atoms with Crippen molar-refractivity contribution in [2.45, 2.75) is 31.4 Å². The summed E-state index contributed by atoms with van der Waals surface area (Å²) in [5.74, 6) is 1.20. The normalized spacial score (nSPS) is 18.0. The van der Waals surface area contributed by atoms with E-state index in [9.17, 15) is 13.2 Å². The molecule has 2 heterocycles. The second-order valence-electron chi connectivity index (χ2n) is 8.44. The fourth-order valence-corrected chi connectivity index (χ4v) is 5.25. The van der Waals surface area contributed by atoms with Crippen molar-refractivity contribution < 1.29 is 13.2 Å². The van der Waals surface area contributed by atoms with Crippen LogP contribution in [-0.2, 0) is 6.18 Å². The zero-order valence-electron chi connectivity index (χ0n) is 17.2. The van der Waals surface area contributed by atoms with Gasteiger partial charge >= 0.3 is 6.18 Å². The Morgan fingerprint density at radius 2 is 1.61 bits per heavy atom. The van der Waals surface area contributed by atoms with E-state index in [4.69, 9.17) is 5.26 Å². The van der Waals surface area contributed by atoms with E-state index in [0.717, 1.165) is 43.2 Å². The van der Waals surface area contributed by atoms with E-state index in [-0.39, 0.29) is 5.56 Å². The first-order valence-electron chi connectivity index (χ1n) is 10.7. The van der Waals surface area contributed by atoms with Gasteiger partial charge < -0.3 is 9.80 Å². The zero-order valence-corrected chi connectivity index (χ0v) is 18.8. The van der Waals surface area contributed by atoms with Crippen molar-refractivity contribution in [1.29, 1.82) is 5.26 Å². The third kappa shape index (κ3) is 4.85. The van der Waals surface area contributed by atoms with Gasteiger partial charge in [-0.3, -0.25) is 0 Å². The van der Waals surface area contributed by atoms with Gasteiger partial charge in [0.1, 0.15) is 0 Å². The molecule has 31 heavy (non-hydrogen) atoms. The van der Waals surface area contributed by atoms with Crippen LogP contribution in [0.4, 0.5) is 24.5 Å². The first-order valence-corrected chi connectivity index (χ1v) is 11.8. The predicted molar refractivity (Wildman–Crippen MR) is 121 cm³/mol. The van der Waals surface area contributed by atoms with E-state index in [1.807, 2.05) is 4.90 Å². The fraction of sp³-hybridized carbons (Fsp3) is 0.458. The van der Waals surface area contributed by atoms with Crippen molar-refractivity contribution >= 4 is 27.3 Å². The highest BCUT2D eigenvalue weighted by molar-refractivity contribution is 9.09. The molecule has 0 spiro atoms. The van der Waals surface area contributed by atoms with Crippen molar-refractivity contribution in [1.82, 2.24) is 0 Å². The van der Waals surface area contributed by atoms with Crippen LogP contribution in [0.1, 0.15) is 41.9 Å². The average Bonchev–Trinajstić information content (AvgIpc) is 2.75. The van der Waals surface area contributed by atoms with Gasteiger partial charge in [0.2, 0.25) is 0 Å². The Morgan fingerprint density at radius 3 is 2.19 bits per heavy atom. The van der Waals surface area contributed by atoms with Crippen molar-refractivity contribution in [3.05, 3.63) is 59.2 Å². The lowest BCUT2D eigenvalue weighted by atomic mass is 9.88. The molecular formula is C24H25BrF3N3. The molecular weight excluding hydrogens is 467 g/mol. The SMILES string of the molecule is N#Cc1ccc(N2CCC(c3ccc(N4CC(CCBr)C4)cc3)CC2)cc1C(F)(F)F. The largest absolute Gasteiger partial charge is 0.417 e. The average molecular weight is 492 g/mol. The Labute approximate surface area is 189 Å². The van der Waals surface area contributed by atoms with Gasteiger partial charge in [0, 0.05) is 42.9 Å². The maximum atomic E-state index is 13.3. The summed E-state index contributed by atoms with van der Waals surface area (Å²) < 4.78 is 39.8. The molecule has 0 atom stereocenters. The molecule has 2 fully saturated rings. The number of hydrogen-bond acceptors (Lipinski definition) is 3. The topological polar surface area (TPSA) is 30.3 Å². The number of hydrogen-bond donors (Lipinski definition) is 0. The van der Waals surface area contributed by atoms with Crippen LogP contribution < -0.4 is 9.80 Å². The first-order chi connectivity index (χ1) is 14.9. The van der Waals surface area contributed by atoms with E-state index in [1.54, 1.807) is 12.1 Å². The molecule has 2 aliphatic heterocycles. The summed E-state index contributed by atoms with van der Waals surface area (Å²) in [4.78, 5) is 4.40. The molecule has 4 rings (SSSR count). The zero-order chi connectivity index (χ0) is 22.0.